The van der Waals surface area contributed by atoms with Crippen molar-refractivity contribution in [1.82, 2.24) is 20.4 Å². The van der Waals surface area contributed by atoms with Gasteiger partial charge in [0.25, 0.3) is 0 Å². The molecular formula is C16H28ClN5O2. The van der Waals surface area contributed by atoms with Gasteiger partial charge in [-0.25, -0.2) is 0 Å². The molecular weight excluding hydrogens is 330 g/mol. The van der Waals surface area contributed by atoms with E-state index in [-0.39, 0.29) is 30.8 Å². The molecule has 3 rings (SSSR count). The Morgan fingerprint density at radius 1 is 1.21 bits per heavy atom. The number of hydrogen-bond donors (Lipinski definition) is 2. The highest BCUT2D eigenvalue weighted by atomic mass is 35.5. The number of nitrogens with two attached hydrogens (primary N) is 1. The van der Waals surface area contributed by atoms with Gasteiger partial charge in [0.1, 0.15) is 0 Å². The lowest BCUT2D eigenvalue weighted by molar-refractivity contribution is -0.127. The van der Waals surface area contributed by atoms with Crippen molar-refractivity contribution < 1.29 is 9.32 Å². The SMILES string of the molecule is Cl.NCc1nc(CN2CCC(NC(=O)C3CCCCC3)CC2)no1. The second-order valence-corrected chi connectivity index (χ2v) is 6.70. The van der Waals surface area contributed by atoms with Gasteiger partial charge in [0.2, 0.25) is 11.8 Å². The van der Waals surface area contributed by atoms with E-state index in [2.05, 4.69) is 20.4 Å². The summed E-state index contributed by atoms with van der Waals surface area (Å²) in [4.78, 5) is 18.8. The van der Waals surface area contributed by atoms with Gasteiger partial charge in [0.15, 0.2) is 5.82 Å². The number of hydrogen-bond acceptors (Lipinski definition) is 6. The zero-order valence-corrected chi connectivity index (χ0v) is 14.9. The third-order valence-corrected chi connectivity index (χ3v) is 4.96. The maximum atomic E-state index is 12.3. The molecule has 7 nitrogen and oxygen atoms in total. The molecule has 1 aromatic rings. The summed E-state index contributed by atoms with van der Waals surface area (Å²) in [5, 5.41) is 7.19. The predicted molar refractivity (Wildman–Crippen MR) is 92.5 cm³/mol. The average molecular weight is 358 g/mol. The minimum atomic E-state index is 0. The lowest BCUT2D eigenvalue weighted by Crippen LogP contribution is -2.46. The Morgan fingerprint density at radius 3 is 2.54 bits per heavy atom. The van der Waals surface area contributed by atoms with Crippen LogP contribution in [0.25, 0.3) is 0 Å². The molecule has 3 N–H and O–H groups in total. The molecule has 0 unspecified atom stereocenters. The molecule has 2 fully saturated rings. The normalized spacial score (nSPS) is 20.5. The van der Waals surface area contributed by atoms with Crippen molar-refractivity contribution in [3.8, 4) is 0 Å². The topological polar surface area (TPSA) is 97.3 Å². The molecule has 0 aromatic carbocycles. The molecule has 0 spiro atoms. The fourth-order valence-corrected chi connectivity index (χ4v) is 3.56. The van der Waals surface area contributed by atoms with Crippen molar-refractivity contribution in [1.29, 1.82) is 0 Å². The van der Waals surface area contributed by atoms with Gasteiger partial charge in [-0.2, -0.15) is 4.98 Å². The lowest BCUT2D eigenvalue weighted by atomic mass is 9.88. The molecule has 1 saturated heterocycles. The third kappa shape index (κ3) is 5.16. The monoisotopic (exact) mass is 357 g/mol. The number of nitrogens with one attached hydrogen (secondary N) is 1. The second-order valence-electron chi connectivity index (χ2n) is 6.70. The molecule has 1 aromatic heterocycles. The van der Waals surface area contributed by atoms with Gasteiger partial charge in [0.05, 0.1) is 13.1 Å². The smallest absolute Gasteiger partial charge is 0.240 e. The van der Waals surface area contributed by atoms with Gasteiger partial charge >= 0.3 is 0 Å². The van der Waals surface area contributed by atoms with Crippen LogP contribution in [0.15, 0.2) is 4.52 Å². The third-order valence-electron chi connectivity index (χ3n) is 4.96. The first kappa shape index (κ1) is 19.1. The first-order valence-corrected chi connectivity index (χ1v) is 8.79. The Labute approximate surface area is 149 Å². The lowest BCUT2D eigenvalue weighted by Gasteiger charge is -2.32. The predicted octanol–water partition coefficient (Wildman–Crippen LogP) is 1.61. The van der Waals surface area contributed by atoms with Crippen molar-refractivity contribution in [2.75, 3.05) is 13.1 Å². The summed E-state index contributed by atoms with van der Waals surface area (Å²) < 4.78 is 5.03. The first-order valence-electron chi connectivity index (χ1n) is 8.79. The molecule has 2 heterocycles. The average Bonchev–Trinajstić information content (AvgIpc) is 3.05. The Balaban J connectivity index is 0.00000208. The van der Waals surface area contributed by atoms with Crippen molar-refractivity contribution in [2.24, 2.45) is 11.7 Å². The molecule has 2 aliphatic rings. The molecule has 1 saturated carbocycles. The maximum absolute atomic E-state index is 12.3. The van der Waals surface area contributed by atoms with E-state index >= 15 is 0 Å². The summed E-state index contributed by atoms with van der Waals surface area (Å²) in [6.07, 6.45) is 7.78. The van der Waals surface area contributed by atoms with E-state index in [1.54, 1.807) is 0 Å². The van der Waals surface area contributed by atoms with Crippen molar-refractivity contribution >= 4 is 18.3 Å². The van der Waals surface area contributed by atoms with Crippen LogP contribution in [0, 0.1) is 5.92 Å². The fourth-order valence-electron chi connectivity index (χ4n) is 3.56. The highest BCUT2D eigenvalue weighted by molar-refractivity contribution is 5.85. The molecule has 0 bridgehead atoms. The number of rotatable bonds is 5. The largest absolute Gasteiger partial charge is 0.353 e. The van der Waals surface area contributed by atoms with E-state index in [1.165, 1.54) is 19.3 Å². The van der Waals surface area contributed by atoms with Gasteiger partial charge in [-0.05, 0) is 25.7 Å². The van der Waals surface area contributed by atoms with Gasteiger partial charge in [-0.3, -0.25) is 9.69 Å². The summed E-state index contributed by atoms with van der Waals surface area (Å²) in [6, 6.07) is 0.311. The van der Waals surface area contributed by atoms with E-state index in [4.69, 9.17) is 10.3 Å². The van der Waals surface area contributed by atoms with Crippen LogP contribution < -0.4 is 11.1 Å². The van der Waals surface area contributed by atoms with Crippen LogP contribution in [0.1, 0.15) is 56.7 Å². The standard InChI is InChI=1S/C16H27N5O2.ClH/c17-10-15-19-14(20-23-15)11-21-8-6-13(7-9-21)18-16(22)12-4-2-1-3-5-12;/h12-13H,1-11,17H2,(H,18,22);1H. The Hall–Kier alpha value is -1.18. The van der Waals surface area contributed by atoms with Crippen LogP contribution in [-0.2, 0) is 17.9 Å². The van der Waals surface area contributed by atoms with Crippen LogP contribution in [0.3, 0.4) is 0 Å². The van der Waals surface area contributed by atoms with Gasteiger partial charge < -0.3 is 15.6 Å². The molecule has 0 radical (unpaired) electrons. The van der Waals surface area contributed by atoms with E-state index in [0.717, 1.165) is 38.8 Å². The van der Waals surface area contributed by atoms with Gasteiger partial charge in [-0.1, -0.05) is 24.4 Å². The summed E-state index contributed by atoms with van der Waals surface area (Å²) >= 11 is 0. The quantitative estimate of drug-likeness (QED) is 0.830. The summed E-state index contributed by atoms with van der Waals surface area (Å²) in [5.41, 5.74) is 5.47. The molecule has 24 heavy (non-hydrogen) atoms. The molecule has 1 aliphatic carbocycles. The highest BCUT2D eigenvalue weighted by Gasteiger charge is 2.26. The van der Waals surface area contributed by atoms with Crippen LogP contribution in [-0.4, -0.2) is 40.1 Å². The summed E-state index contributed by atoms with van der Waals surface area (Å²) in [5.74, 6) is 1.69. The van der Waals surface area contributed by atoms with E-state index in [9.17, 15) is 4.79 Å². The maximum Gasteiger partial charge on any atom is 0.240 e. The summed E-state index contributed by atoms with van der Waals surface area (Å²) in [6.45, 7) is 2.86. The highest BCUT2D eigenvalue weighted by Crippen LogP contribution is 2.24. The van der Waals surface area contributed by atoms with Crippen LogP contribution in [0.2, 0.25) is 0 Å². The minimum Gasteiger partial charge on any atom is -0.353 e. The van der Waals surface area contributed by atoms with Crippen molar-refractivity contribution in [2.45, 2.75) is 64.1 Å². The van der Waals surface area contributed by atoms with Gasteiger partial charge in [-0.15, -0.1) is 12.4 Å². The minimum absolute atomic E-state index is 0. The van der Waals surface area contributed by atoms with Crippen LogP contribution in [0.5, 0.6) is 0 Å². The number of amides is 1. The number of halogens is 1. The molecule has 0 atom stereocenters. The molecule has 8 heteroatoms. The number of piperidine rings is 1. The molecule has 1 amide bonds. The van der Waals surface area contributed by atoms with E-state index < -0.39 is 0 Å². The second kappa shape index (κ2) is 9.34. The number of carbonyl (C=O) groups is 1. The zero-order chi connectivity index (χ0) is 16.1. The number of aromatic nitrogens is 2. The number of carbonyl (C=O) groups excluding carboxylic acids is 1. The first-order chi connectivity index (χ1) is 11.2. The Kier molecular flexibility index (Phi) is 7.45. The molecule has 1 aliphatic heterocycles. The van der Waals surface area contributed by atoms with Crippen molar-refractivity contribution in [3.05, 3.63) is 11.7 Å². The van der Waals surface area contributed by atoms with Gasteiger partial charge in [0, 0.05) is 25.0 Å². The zero-order valence-electron chi connectivity index (χ0n) is 14.1. The fraction of sp³-hybridized carbons (Fsp3) is 0.812. The van der Waals surface area contributed by atoms with Crippen molar-refractivity contribution in [3.63, 3.8) is 0 Å². The van der Waals surface area contributed by atoms with Crippen LogP contribution in [0.4, 0.5) is 0 Å². The summed E-state index contributed by atoms with van der Waals surface area (Å²) in [7, 11) is 0. The Bertz CT molecular complexity index is 510. The van der Waals surface area contributed by atoms with E-state index in [1.807, 2.05) is 0 Å². The number of nitrogens with zero attached hydrogens (tertiary/aromatic N) is 3. The molecule has 136 valence electrons. The Morgan fingerprint density at radius 2 is 1.92 bits per heavy atom. The number of likely N-dealkylation sites (tertiary alicyclic amines) is 1. The van der Waals surface area contributed by atoms with E-state index in [0.29, 0.717) is 24.3 Å². The van der Waals surface area contributed by atoms with Crippen LogP contribution >= 0.6 is 12.4 Å².